The molecule has 0 amide bonds. The second-order valence-corrected chi connectivity index (χ2v) is 4.97. The molecule has 1 rings (SSSR count). The maximum atomic E-state index is 5.79. The van der Waals surface area contributed by atoms with Gasteiger partial charge in [-0.2, -0.15) is 0 Å². The van der Waals surface area contributed by atoms with E-state index in [4.69, 9.17) is 16.3 Å². The summed E-state index contributed by atoms with van der Waals surface area (Å²) in [5.74, 6) is 7.69. The zero-order chi connectivity index (χ0) is 14.8. The summed E-state index contributed by atoms with van der Waals surface area (Å²) in [6, 6.07) is 6.05. The van der Waals surface area contributed by atoms with Crippen molar-refractivity contribution in [2.45, 2.75) is 27.2 Å². The molecule has 2 nitrogen and oxygen atoms in total. The highest BCUT2D eigenvalue weighted by Gasteiger charge is 2.01. The van der Waals surface area contributed by atoms with Gasteiger partial charge in [-0.1, -0.05) is 25.7 Å². The van der Waals surface area contributed by atoms with E-state index in [0.717, 1.165) is 49.5 Å². The summed E-state index contributed by atoms with van der Waals surface area (Å²) in [6.45, 7) is 10.2. The number of aryl methyl sites for hydroxylation is 1. The maximum absolute atomic E-state index is 5.79. The second-order valence-electron chi connectivity index (χ2n) is 4.59. The molecule has 0 aliphatic rings. The minimum atomic E-state index is 0.582. The van der Waals surface area contributed by atoms with E-state index in [1.807, 2.05) is 18.2 Å². The highest BCUT2D eigenvalue weighted by molar-refractivity contribution is 6.18. The van der Waals surface area contributed by atoms with Crippen LogP contribution in [0.4, 0.5) is 0 Å². The number of nitrogens with zero attached hydrogens (tertiary/aromatic N) is 1. The van der Waals surface area contributed by atoms with Gasteiger partial charge in [0.2, 0.25) is 0 Å². The van der Waals surface area contributed by atoms with Crippen molar-refractivity contribution in [1.29, 1.82) is 0 Å². The Morgan fingerprint density at radius 2 is 2.00 bits per heavy atom. The van der Waals surface area contributed by atoms with Crippen molar-refractivity contribution >= 4 is 11.6 Å². The number of alkyl halides is 1. The normalized spacial score (nSPS) is 10.2. The Balaban J connectivity index is 2.53. The van der Waals surface area contributed by atoms with E-state index in [1.165, 1.54) is 0 Å². The molecule has 1 aromatic rings. The summed E-state index contributed by atoms with van der Waals surface area (Å²) >= 11 is 5.61. The van der Waals surface area contributed by atoms with Crippen LogP contribution >= 0.6 is 11.6 Å². The highest BCUT2D eigenvalue weighted by Crippen LogP contribution is 2.16. The lowest BCUT2D eigenvalue weighted by molar-refractivity contribution is 0.222. The largest absolute Gasteiger partial charge is 0.492 e. The molecule has 0 saturated carbocycles. The van der Waals surface area contributed by atoms with E-state index in [9.17, 15) is 0 Å². The van der Waals surface area contributed by atoms with E-state index in [1.54, 1.807) is 0 Å². The van der Waals surface area contributed by atoms with E-state index in [-0.39, 0.29) is 0 Å². The lowest BCUT2D eigenvalue weighted by Crippen LogP contribution is -2.27. The Morgan fingerprint density at radius 3 is 2.60 bits per heavy atom. The Hall–Kier alpha value is -1.17. The maximum Gasteiger partial charge on any atom is 0.119 e. The number of hydrogen-bond acceptors (Lipinski definition) is 2. The first kappa shape index (κ1) is 16.9. The van der Waals surface area contributed by atoms with Crippen LogP contribution in [0.2, 0.25) is 0 Å². The summed E-state index contributed by atoms with van der Waals surface area (Å²) in [4.78, 5) is 2.35. The van der Waals surface area contributed by atoms with Crippen LogP contribution in [0.25, 0.3) is 0 Å². The van der Waals surface area contributed by atoms with Gasteiger partial charge in [0.15, 0.2) is 0 Å². The van der Waals surface area contributed by atoms with E-state index >= 15 is 0 Å². The van der Waals surface area contributed by atoms with Crippen LogP contribution in [0.3, 0.4) is 0 Å². The summed E-state index contributed by atoms with van der Waals surface area (Å²) in [5.41, 5.74) is 2.19. The molecule has 0 bridgehead atoms. The molecule has 0 aliphatic carbocycles. The van der Waals surface area contributed by atoms with Crippen molar-refractivity contribution in [3.05, 3.63) is 29.3 Å². The fraction of sp³-hybridized carbons (Fsp3) is 0.529. The molecule has 0 fully saturated rings. The van der Waals surface area contributed by atoms with Crippen LogP contribution in [-0.4, -0.2) is 37.0 Å². The smallest absolute Gasteiger partial charge is 0.119 e. The summed E-state index contributed by atoms with van der Waals surface area (Å²) in [5, 5.41) is 0. The number of halogens is 1. The fourth-order valence-electron chi connectivity index (χ4n) is 1.90. The average molecular weight is 294 g/mol. The predicted octanol–water partition coefficient (Wildman–Crippen LogP) is 3.70. The Morgan fingerprint density at radius 1 is 1.25 bits per heavy atom. The number of likely N-dealkylation sites (N-methyl/N-ethyl adjacent to an activating group) is 1. The van der Waals surface area contributed by atoms with Crippen molar-refractivity contribution in [2.75, 3.05) is 32.1 Å². The summed E-state index contributed by atoms with van der Waals surface area (Å²) < 4.78 is 5.79. The first-order chi connectivity index (χ1) is 9.71. The van der Waals surface area contributed by atoms with Crippen LogP contribution in [0, 0.1) is 18.8 Å². The van der Waals surface area contributed by atoms with Gasteiger partial charge in [0, 0.05) is 24.4 Å². The molecule has 0 N–H and O–H groups in total. The number of rotatable bonds is 7. The van der Waals surface area contributed by atoms with Gasteiger partial charge >= 0.3 is 0 Å². The van der Waals surface area contributed by atoms with Crippen molar-refractivity contribution in [2.24, 2.45) is 0 Å². The predicted molar refractivity (Wildman–Crippen MR) is 86.7 cm³/mol. The van der Waals surface area contributed by atoms with Gasteiger partial charge in [0.25, 0.3) is 0 Å². The third-order valence-electron chi connectivity index (χ3n) is 3.21. The quantitative estimate of drug-likeness (QED) is 0.561. The molecular formula is C17H24ClNO. The Labute approximate surface area is 128 Å². The minimum Gasteiger partial charge on any atom is -0.492 e. The molecule has 0 unspecified atom stereocenters. The van der Waals surface area contributed by atoms with Crippen LogP contribution < -0.4 is 4.74 Å². The van der Waals surface area contributed by atoms with Gasteiger partial charge < -0.3 is 9.64 Å². The summed E-state index contributed by atoms with van der Waals surface area (Å²) in [7, 11) is 0. The second kappa shape index (κ2) is 9.69. The topological polar surface area (TPSA) is 12.5 Å². The molecule has 0 aromatic heterocycles. The van der Waals surface area contributed by atoms with E-state index in [0.29, 0.717) is 5.88 Å². The van der Waals surface area contributed by atoms with Crippen molar-refractivity contribution in [3.63, 3.8) is 0 Å². The van der Waals surface area contributed by atoms with E-state index < -0.39 is 0 Å². The van der Waals surface area contributed by atoms with Gasteiger partial charge in [-0.05, 0) is 43.8 Å². The molecule has 1 aromatic carbocycles. The Bertz CT molecular complexity index is 458. The number of ether oxygens (including phenoxy) is 1. The molecule has 0 aliphatic heterocycles. The first-order valence-electron chi connectivity index (χ1n) is 7.21. The van der Waals surface area contributed by atoms with Crippen LogP contribution in [0.5, 0.6) is 5.75 Å². The molecule has 0 atom stereocenters. The van der Waals surface area contributed by atoms with Crippen LogP contribution in [0.1, 0.15) is 31.4 Å². The van der Waals surface area contributed by atoms with Gasteiger partial charge in [0.1, 0.15) is 12.4 Å². The zero-order valence-electron chi connectivity index (χ0n) is 12.7. The van der Waals surface area contributed by atoms with Crippen molar-refractivity contribution in [1.82, 2.24) is 4.90 Å². The lowest BCUT2D eigenvalue weighted by atomic mass is 10.1. The Kier molecular flexibility index (Phi) is 8.18. The van der Waals surface area contributed by atoms with Crippen LogP contribution in [0.15, 0.2) is 18.2 Å². The first-order valence-corrected chi connectivity index (χ1v) is 7.75. The third-order valence-corrected chi connectivity index (χ3v) is 3.40. The molecule has 3 heteroatoms. The third kappa shape index (κ3) is 5.86. The summed E-state index contributed by atoms with van der Waals surface area (Å²) in [6.07, 6.45) is 0.725. The number of hydrogen-bond donors (Lipinski definition) is 0. The lowest BCUT2D eigenvalue weighted by Gasteiger charge is -2.18. The van der Waals surface area contributed by atoms with Gasteiger partial charge in [-0.3, -0.25) is 0 Å². The van der Waals surface area contributed by atoms with Crippen molar-refractivity contribution in [3.8, 4) is 17.6 Å². The molecule has 110 valence electrons. The van der Waals surface area contributed by atoms with Crippen molar-refractivity contribution < 1.29 is 4.74 Å². The zero-order valence-corrected chi connectivity index (χ0v) is 13.5. The van der Waals surface area contributed by atoms with Crippen LogP contribution in [-0.2, 0) is 0 Å². The fourth-order valence-corrected chi connectivity index (χ4v) is 2.00. The van der Waals surface area contributed by atoms with E-state index in [2.05, 4.69) is 37.5 Å². The highest BCUT2D eigenvalue weighted by atomic mass is 35.5. The minimum absolute atomic E-state index is 0.582. The SMILES string of the molecule is CCN(CC)CCOc1ccc(C#CCCCl)c(C)c1. The van der Waals surface area contributed by atoms with Gasteiger partial charge in [-0.15, -0.1) is 11.6 Å². The molecule has 0 radical (unpaired) electrons. The monoisotopic (exact) mass is 293 g/mol. The molecule has 0 spiro atoms. The molecule has 0 heterocycles. The van der Waals surface area contributed by atoms with Gasteiger partial charge in [0.05, 0.1) is 0 Å². The molecule has 0 saturated heterocycles. The number of benzene rings is 1. The standard InChI is InChI=1S/C17H24ClNO/c1-4-19(5-2)12-13-20-17-10-9-16(15(3)14-17)8-6-7-11-18/h9-10,14H,4-5,7,11-13H2,1-3H3. The molecular weight excluding hydrogens is 270 g/mol. The van der Waals surface area contributed by atoms with Gasteiger partial charge in [-0.25, -0.2) is 0 Å². The molecule has 20 heavy (non-hydrogen) atoms. The average Bonchev–Trinajstić information content (AvgIpc) is 2.46.